The van der Waals surface area contributed by atoms with Crippen LogP contribution in [0.3, 0.4) is 0 Å². The topological polar surface area (TPSA) is 68.1 Å². The minimum absolute atomic E-state index is 0.335. The van der Waals surface area contributed by atoms with Crippen LogP contribution >= 0.6 is 22.6 Å². The molecule has 21 heavy (non-hydrogen) atoms. The van der Waals surface area contributed by atoms with Crippen molar-refractivity contribution < 1.29 is 19.5 Å². The third-order valence-corrected chi connectivity index (χ3v) is 3.46. The summed E-state index contributed by atoms with van der Waals surface area (Å²) in [4.78, 5) is 12.1. The first-order chi connectivity index (χ1) is 10.2. The molecule has 0 amide bonds. The van der Waals surface area contributed by atoms with Gasteiger partial charge in [-0.3, -0.25) is 0 Å². The van der Waals surface area contributed by atoms with Crippen LogP contribution in [-0.4, -0.2) is 24.5 Å². The maximum absolute atomic E-state index is 12.1. The van der Waals surface area contributed by atoms with Gasteiger partial charge >= 0.3 is 5.97 Å². The first-order valence-corrected chi connectivity index (χ1v) is 7.05. The van der Waals surface area contributed by atoms with Crippen molar-refractivity contribution >= 4 is 34.8 Å². The van der Waals surface area contributed by atoms with Gasteiger partial charge in [-0.25, -0.2) is 4.79 Å². The van der Waals surface area contributed by atoms with Crippen molar-refractivity contribution in [1.82, 2.24) is 0 Å². The summed E-state index contributed by atoms with van der Waals surface area (Å²) in [6.07, 6.45) is 1.27. The lowest BCUT2D eigenvalue weighted by Gasteiger charge is -2.12. The van der Waals surface area contributed by atoms with E-state index in [0.717, 1.165) is 0 Å². The molecule has 0 unspecified atom stereocenters. The van der Waals surface area contributed by atoms with Gasteiger partial charge in [0.05, 0.1) is 22.5 Å². The van der Waals surface area contributed by atoms with Crippen LogP contribution in [0.4, 0.5) is 0 Å². The van der Waals surface area contributed by atoms with Crippen molar-refractivity contribution in [2.24, 2.45) is 5.16 Å². The average Bonchev–Trinajstić information content (AvgIpc) is 2.50. The van der Waals surface area contributed by atoms with Gasteiger partial charge in [-0.2, -0.15) is 0 Å². The molecular formula is C15H12INO4. The molecule has 2 aromatic carbocycles. The maximum Gasteiger partial charge on any atom is 0.343 e. The van der Waals surface area contributed by atoms with Gasteiger partial charge in [0.1, 0.15) is 0 Å². The second-order valence-electron chi connectivity index (χ2n) is 4.03. The fourth-order valence-electron chi connectivity index (χ4n) is 1.71. The zero-order valence-corrected chi connectivity index (χ0v) is 13.3. The van der Waals surface area contributed by atoms with Crippen molar-refractivity contribution in [2.45, 2.75) is 0 Å². The molecule has 0 aliphatic rings. The van der Waals surface area contributed by atoms with Crippen molar-refractivity contribution in [2.75, 3.05) is 7.11 Å². The Morgan fingerprint density at radius 3 is 2.62 bits per heavy atom. The average molecular weight is 397 g/mol. The lowest BCUT2D eigenvalue weighted by atomic mass is 10.2. The van der Waals surface area contributed by atoms with Gasteiger partial charge < -0.3 is 14.7 Å². The first-order valence-electron chi connectivity index (χ1n) is 5.98. The molecule has 6 heteroatoms. The Morgan fingerprint density at radius 2 is 2.00 bits per heavy atom. The van der Waals surface area contributed by atoms with Gasteiger partial charge in [0, 0.05) is 5.56 Å². The van der Waals surface area contributed by atoms with Gasteiger partial charge in [-0.1, -0.05) is 23.4 Å². The number of carbonyl (C=O) groups is 1. The summed E-state index contributed by atoms with van der Waals surface area (Å²) in [5.74, 6) is 0.263. The summed E-state index contributed by atoms with van der Waals surface area (Å²) in [6, 6.07) is 12.0. The van der Waals surface area contributed by atoms with E-state index >= 15 is 0 Å². The van der Waals surface area contributed by atoms with Crippen LogP contribution in [0, 0.1) is 3.57 Å². The zero-order valence-electron chi connectivity index (χ0n) is 11.1. The Morgan fingerprint density at radius 1 is 1.29 bits per heavy atom. The number of oxime groups is 1. The largest absolute Gasteiger partial charge is 0.493 e. The molecule has 0 saturated carbocycles. The Labute approximate surface area is 135 Å². The number of benzene rings is 2. The van der Waals surface area contributed by atoms with Gasteiger partial charge in [0.25, 0.3) is 0 Å². The third kappa shape index (κ3) is 3.72. The second-order valence-corrected chi connectivity index (χ2v) is 5.20. The van der Waals surface area contributed by atoms with Crippen molar-refractivity contribution in [3.63, 3.8) is 0 Å². The highest BCUT2D eigenvalue weighted by Gasteiger charge is 2.16. The molecule has 0 saturated heterocycles. The summed E-state index contributed by atoms with van der Waals surface area (Å²) in [7, 11) is 1.48. The molecule has 2 aromatic rings. The predicted octanol–water partition coefficient (Wildman–Crippen LogP) is 3.33. The lowest BCUT2D eigenvalue weighted by molar-refractivity contribution is 0.0728. The number of methoxy groups -OCH3 is 1. The molecule has 0 atom stereocenters. The lowest BCUT2D eigenvalue weighted by Crippen LogP contribution is -2.10. The van der Waals surface area contributed by atoms with E-state index in [1.54, 1.807) is 36.4 Å². The number of ether oxygens (including phenoxy) is 2. The molecule has 0 aliphatic carbocycles. The first kappa shape index (κ1) is 15.3. The molecular weight excluding hydrogens is 385 g/mol. The molecule has 0 heterocycles. The highest BCUT2D eigenvalue weighted by Crippen LogP contribution is 2.34. The van der Waals surface area contributed by atoms with Crippen LogP contribution in [0.15, 0.2) is 47.6 Å². The molecule has 0 fully saturated rings. The fraction of sp³-hybridized carbons (Fsp3) is 0.0667. The Kier molecular flexibility index (Phi) is 5.15. The number of esters is 1. The Balaban J connectivity index is 2.33. The number of carbonyl (C=O) groups excluding carboxylic acids is 1. The second kappa shape index (κ2) is 7.07. The summed E-state index contributed by atoms with van der Waals surface area (Å²) in [6.45, 7) is 0. The molecule has 2 rings (SSSR count). The van der Waals surface area contributed by atoms with Crippen molar-refractivity contribution in [3.05, 3.63) is 57.2 Å². The molecule has 5 nitrogen and oxygen atoms in total. The van der Waals surface area contributed by atoms with E-state index in [9.17, 15) is 4.79 Å². The standard InChI is InChI=1S/C15H12INO4/c1-20-13-8-10(9-17-19)7-12(16)14(13)21-15(18)11-5-3-2-4-6-11/h2-9,19H,1H3. The minimum atomic E-state index is -0.463. The molecule has 0 aliphatic heterocycles. The van der Waals surface area contributed by atoms with Crippen LogP contribution < -0.4 is 9.47 Å². The minimum Gasteiger partial charge on any atom is -0.493 e. The van der Waals surface area contributed by atoms with Gasteiger partial charge in [-0.05, 0) is 46.9 Å². The number of rotatable bonds is 4. The van der Waals surface area contributed by atoms with Crippen LogP contribution in [0.1, 0.15) is 15.9 Å². The van der Waals surface area contributed by atoms with Crippen LogP contribution in [0.5, 0.6) is 11.5 Å². The van der Waals surface area contributed by atoms with Crippen molar-refractivity contribution in [3.8, 4) is 11.5 Å². The monoisotopic (exact) mass is 397 g/mol. The molecule has 0 spiro atoms. The summed E-state index contributed by atoms with van der Waals surface area (Å²) < 4.78 is 11.3. The van der Waals surface area contributed by atoms with Gasteiger partial charge in [0.15, 0.2) is 11.5 Å². The molecule has 0 aromatic heterocycles. The zero-order chi connectivity index (χ0) is 15.2. The molecule has 108 valence electrons. The summed E-state index contributed by atoms with van der Waals surface area (Å²) in [5.41, 5.74) is 1.09. The Bertz CT molecular complexity index is 671. The van der Waals surface area contributed by atoms with Gasteiger partial charge in [0.2, 0.25) is 0 Å². The van der Waals surface area contributed by atoms with Crippen LogP contribution in [0.2, 0.25) is 0 Å². The SMILES string of the molecule is COc1cc(C=NO)cc(I)c1OC(=O)c1ccccc1. The third-order valence-electron chi connectivity index (χ3n) is 2.66. The number of halogens is 1. The van der Waals surface area contributed by atoms with E-state index in [-0.39, 0.29) is 0 Å². The number of hydrogen-bond donors (Lipinski definition) is 1. The predicted molar refractivity (Wildman–Crippen MR) is 86.5 cm³/mol. The maximum atomic E-state index is 12.1. The Hall–Kier alpha value is -2.09. The molecule has 0 radical (unpaired) electrons. The summed E-state index contributed by atoms with van der Waals surface area (Å²) in [5, 5.41) is 11.5. The van der Waals surface area contributed by atoms with Crippen LogP contribution in [0.25, 0.3) is 0 Å². The highest BCUT2D eigenvalue weighted by atomic mass is 127. The van der Waals surface area contributed by atoms with E-state index in [2.05, 4.69) is 5.16 Å². The number of nitrogens with zero attached hydrogens (tertiary/aromatic N) is 1. The van der Waals surface area contributed by atoms with Crippen LogP contribution in [-0.2, 0) is 0 Å². The van der Waals surface area contributed by atoms with E-state index < -0.39 is 5.97 Å². The van der Waals surface area contributed by atoms with E-state index in [1.165, 1.54) is 13.3 Å². The van der Waals surface area contributed by atoms with Gasteiger partial charge in [-0.15, -0.1) is 0 Å². The fourth-order valence-corrected chi connectivity index (χ4v) is 2.44. The van der Waals surface area contributed by atoms with E-state index in [4.69, 9.17) is 14.7 Å². The summed E-state index contributed by atoms with van der Waals surface area (Å²) >= 11 is 2.03. The van der Waals surface area contributed by atoms with E-state index in [0.29, 0.717) is 26.2 Å². The smallest absolute Gasteiger partial charge is 0.343 e. The number of hydrogen-bond acceptors (Lipinski definition) is 5. The molecule has 1 N–H and O–H groups in total. The normalized spacial score (nSPS) is 10.6. The molecule has 0 bridgehead atoms. The van der Waals surface area contributed by atoms with Crippen molar-refractivity contribution in [1.29, 1.82) is 0 Å². The van der Waals surface area contributed by atoms with E-state index in [1.807, 2.05) is 28.7 Å². The highest BCUT2D eigenvalue weighted by molar-refractivity contribution is 14.1. The quantitative estimate of drug-likeness (QED) is 0.215.